The minimum absolute atomic E-state index is 0.178. The van der Waals surface area contributed by atoms with Gasteiger partial charge in [0.1, 0.15) is 0 Å². The van der Waals surface area contributed by atoms with Crippen LogP contribution in [-0.4, -0.2) is 4.98 Å². The van der Waals surface area contributed by atoms with Crippen molar-refractivity contribution in [2.24, 2.45) is 5.41 Å². The molecule has 2 nitrogen and oxygen atoms in total. The molecule has 1 heterocycles. The normalized spacial score (nSPS) is 13.5. The Morgan fingerprint density at radius 3 is 2.50 bits per heavy atom. The summed E-state index contributed by atoms with van der Waals surface area (Å²) in [6.45, 7) is 7.61. The Balaban J connectivity index is 2.12. The molecule has 0 radical (unpaired) electrons. The smallest absolute Gasteiger partial charge is 0.0795 e. The van der Waals surface area contributed by atoms with Crippen LogP contribution in [0.5, 0.6) is 0 Å². The highest BCUT2D eigenvalue weighted by Gasteiger charge is 2.25. The average molecular weight is 260 g/mol. The standard InChI is InChI=1S/C15H20N2S/c1-15(2,3)14(12-7-5-4-6-8-12)16-9-13-10-18-11-17-13/h4-8,10-11,14,16H,9H2,1-3H3. The first kappa shape index (κ1) is 13.2. The molecule has 0 aliphatic carbocycles. The Kier molecular flexibility index (Phi) is 4.15. The minimum Gasteiger partial charge on any atom is -0.304 e. The molecule has 1 aromatic carbocycles. The molecule has 0 spiro atoms. The van der Waals surface area contributed by atoms with E-state index in [0.29, 0.717) is 6.04 Å². The van der Waals surface area contributed by atoms with Gasteiger partial charge in [-0.1, -0.05) is 51.1 Å². The van der Waals surface area contributed by atoms with E-state index in [2.05, 4.69) is 66.8 Å². The van der Waals surface area contributed by atoms with E-state index >= 15 is 0 Å². The third-order valence-corrected chi connectivity index (χ3v) is 3.60. The van der Waals surface area contributed by atoms with Crippen LogP contribution in [0.3, 0.4) is 0 Å². The lowest BCUT2D eigenvalue weighted by atomic mass is 9.82. The van der Waals surface area contributed by atoms with E-state index in [1.165, 1.54) is 5.56 Å². The van der Waals surface area contributed by atoms with E-state index in [9.17, 15) is 0 Å². The van der Waals surface area contributed by atoms with Gasteiger partial charge >= 0.3 is 0 Å². The molecule has 0 saturated carbocycles. The lowest BCUT2D eigenvalue weighted by Gasteiger charge is -2.32. The van der Waals surface area contributed by atoms with Gasteiger partial charge in [0.25, 0.3) is 0 Å². The second kappa shape index (κ2) is 5.63. The summed E-state index contributed by atoms with van der Waals surface area (Å²) >= 11 is 1.64. The molecule has 3 heteroatoms. The number of hydrogen-bond acceptors (Lipinski definition) is 3. The fraction of sp³-hybridized carbons (Fsp3) is 0.400. The topological polar surface area (TPSA) is 24.9 Å². The molecule has 18 heavy (non-hydrogen) atoms. The summed E-state index contributed by atoms with van der Waals surface area (Å²) in [6.07, 6.45) is 0. The van der Waals surface area contributed by atoms with Gasteiger partial charge in [0.2, 0.25) is 0 Å². The van der Waals surface area contributed by atoms with Crippen molar-refractivity contribution in [3.63, 3.8) is 0 Å². The average Bonchev–Trinajstić information content (AvgIpc) is 2.82. The molecule has 0 aliphatic rings. The maximum atomic E-state index is 4.32. The molecule has 1 atom stereocenters. The number of nitrogens with one attached hydrogen (secondary N) is 1. The number of nitrogens with zero attached hydrogens (tertiary/aromatic N) is 1. The first-order valence-corrected chi connectivity index (χ1v) is 7.17. The Bertz CT molecular complexity index is 457. The molecule has 2 aromatic rings. The van der Waals surface area contributed by atoms with Gasteiger partial charge in [-0.05, 0) is 11.0 Å². The Labute approximate surface area is 113 Å². The molecule has 96 valence electrons. The molecule has 1 unspecified atom stereocenters. The van der Waals surface area contributed by atoms with Gasteiger partial charge in [-0.15, -0.1) is 11.3 Å². The predicted molar refractivity (Wildman–Crippen MR) is 77.6 cm³/mol. The molecule has 0 amide bonds. The molecule has 1 aromatic heterocycles. The van der Waals surface area contributed by atoms with Gasteiger partial charge in [0, 0.05) is 18.0 Å². The molecule has 0 saturated heterocycles. The van der Waals surface area contributed by atoms with Crippen molar-refractivity contribution in [2.75, 3.05) is 0 Å². The van der Waals surface area contributed by atoms with Crippen LogP contribution < -0.4 is 5.32 Å². The van der Waals surface area contributed by atoms with Crippen LogP contribution in [0.15, 0.2) is 41.2 Å². The number of benzene rings is 1. The zero-order valence-corrected chi connectivity index (χ0v) is 12.0. The third-order valence-electron chi connectivity index (χ3n) is 2.97. The number of thiazole rings is 1. The summed E-state index contributed by atoms with van der Waals surface area (Å²) < 4.78 is 0. The number of aromatic nitrogens is 1. The van der Waals surface area contributed by atoms with Gasteiger partial charge in [0.05, 0.1) is 11.2 Å². The highest BCUT2D eigenvalue weighted by Crippen LogP contribution is 2.32. The largest absolute Gasteiger partial charge is 0.304 e. The van der Waals surface area contributed by atoms with Crippen LogP contribution in [0.25, 0.3) is 0 Å². The lowest BCUT2D eigenvalue weighted by Crippen LogP contribution is -2.32. The zero-order valence-electron chi connectivity index (χ0n) is 11.2. The Morgan fingerprint density at radius 2 is 1.94 bits per heavy atom. The summed E-state index contributed by atoms with van der Waals surface area (Å²) in [5.74, 6) is 0. The van der Waals surface area contributed by atoms with E-state index in [1.807, 2.05) is 5.51 Å². The van der Waals surface area contributed by atoms with Gasteiger partial charge in [-0.3, -0.25) is 0 Å². The van der Waals surface area contributed by atoms with Crippen LogP contribution in [0.4, 0.5) is 0 Å². The molecule has 2 rings (SSSR count). The summed E-state index contributed by atoms with van der Waals surface area (Å²) in [6, 6.07) is 11.0. The minimum atomic E-state index is 0.178. The number of rotatable bonds is 4. The fourth-order valence-corrected chi connectivity index (χ4v) is 2.66. The maximum absolute atomic E-state index is 4.32. The van der Waals surface area contributed by atoms with Gasteiger partial charge in [-0.2, -0.15) is 0 Å². The summed E-state index contributed by atoms with van der Waals surface area (Å²) in [4.78, 5) is 4.32. The monoisotopic (exact) mass is 260 g/mol. The first-order chi connectivity index (χ1) is 8.57. The van der Waals surface area contributed by atoms with E-state index in [4.69, 9.17) is 0 Å². The zero-order chi connectivity index (χ0) is 13.0. The second-order valence-corrected chi connectivity index (χ2v) is 6.29. The van der Waals surface area contributed by atoms with Crippen LogP contribution in [0.1, 0.15) is 38.1 Å². The SMILES string of the molecule is CC(C)(C)C(NCc1cscn1)c1ccccc1. The van der Waals surface area contributed by atoms with Gasteiger partial charge in [-0.25, -0.2) is 4.98 Å². The van der Waals surface area contributed by atoms with Crippen LogP contribution >= 0.6 is 11.3 Å². The highest BCUT2D eigenvalue weighted by atomic mass is 32.1. The summed E-state index contributed by atoms with van der Waals surface area (Å²) in [5, 5.41) is 5.72. The number of hydrogen-bond donors (Lipinski definition) is 1. The van der Waals surface area contributed by atoms with Gasteiger partial charge < -0.3 is 5.32 Å². The van der Waals surface area contributed by atoms with Crippen LogP contribution in [-0.2, 0) is 6.54 Å². The van der Waals surface area contributed by atoms with Crippen molar-refractivity contribution in [1.29, 1.82) is 0 Å². The predicted octanol–water partition coefficient (Wildman–Crippen LogP) is 4.02. The first-order valence-electron chi connectivity index (χ1n) is 6.23. The molecule has 0 bridgehead atoms. The molecule has 0 aliphatic heterocycles. The van der Waals surface area contributed by atoms with Crippen LogP contribution in [0, 0.1) is 5.41 Å². The van der Waals surface area contributed by atoms with E-state index < -0.39 is 0 Å². The van der Waals surface area contributed by atoms with E-state index in [0.717, 1.165) is 12.2 Å². The van der Waals surface area contributed by atoms with Crippen molar-refractivity contribution < 1.29 is 0 Å². The quantitative estimate of drug-likeness (QED) is 0.898. The maximum Gasteiger partial charge on any atom is 0.0795 e. The molecule has 0 fully saturated rings. The van der Waals surface area contributed by atoms with Crippen molar-refractivity contribution in [1.82, 2.24) is 10.3 Å². The highest BCUT2D eigenvalue weighted by molar-refractivity contribution is 7.07. The fourth-order valence-electron chi connectivity index (χ4n) is 2.10. The summed E-state index contributed by atoms with van der Waals surface area (Å²) in [7, 11) is 0. The van der Waals surface area contributed by atoms with Crippen molar-refractivity contribution in [2.45, 2.75) is 33.4 Å². The lowest BCUT2D eigenvalue weighted by molar-refractivity contribution is 0.270. The van der Waals surface area contributed by atoms with Crippen LogP contribution in [0.2, 0.25) is 0 Å². The molecular formula is C15H20N2S. The summed E-state index contributed by atoms with van der Waals surface area (Å²) in [5.41, 5.74) is 4.51. The van der Waals surface area contributed by atoms with Crippen molar-refractivity contribution >= 4 is 11.3 Å². The molecular weight excluding hydrogens is 240 g/mol. The second-order valence-electron chi connectivity index (χ2n) is 5.57. The Morgan fingerprint density at radius 1 is 1.22 bits per heavy atom. The third kappa shape index (κ3) is 3.40. The Hall–Kier alpha value is -1.19. The van der Waals surface area contributed by atoms with E-state index in [-0.39, 0.29) is 5.41 Å². The van der Waals surface area contributed by atoms with Gasteiger partial charge in [0.15, 0.2) is 0 Å². The van der Waals surface area contributed by atoms with Crippen molar-refractivity contribution in [3.8, 4) is 0 Å². The van der Waals surface area contributed by atoms with Crippen molar-refractivity contribution in [3.05, 3.63) is 52.5 Å². The van der Waals surface area contributed by atoms with E-state index in [1.54, 1.807) is 11.3 Å². The molecule has 1 N–H and O–H groups in total.